The second kappa shape index (κ2) is 5.61. The minimum absolute atomic E-state index is 0.209. The van der Waals surface area contributed by atoms with Crippen LogP contribution in [0.2, 0.25) is 0 Å². The van der Waals surface area contributed by atoms with Gasteiger partial charge in [0.25, 0.3) is 0 Å². The molecule has 0 bridgehead atoms. The van der Waals surface area contributed by atoms with Crippen LogP contribution in [0.5, 0.6) is 0 Å². The second-order valence-corrected chi connectivity index (χ2v) is 1.98. The quantitative estimate of drug-likeness (QED) is 0.534. The Morgan fingerprint density at radius 2 is 2.22 bits per heavy atom. The fourth-order valence-electron chi connectivity index (χ4n) is 0.538. The summed E-state index contributed by atoms with van der Waals surface area (Å²) < 4.78 is 0. The summed E-state index contributed by atoms with van der Waals surface area (Å²) in [5.74, 6) is 2.53. The van der Waals surface area contributed by atoms with Crippen LogP contribution in [0.25, 0.3) is 0 Å². The van der Waals surface area contributed by atoms with Crippen LogP contribution >= 0.6 is 0 Å². The molecule has 0 radical (unpaired) electrons. The van der Waals surface area contributed by atoms with Gasteiger partial charge in [0.15, 0.2) is 0 Å². The Morgan fingerprint density at radius 1 is 1.56 bits per heavy atom. The maximum Gasteiger partial charge on any atom is 0.0558 e. The molecule has 9 heavy (non-hydrogen) atoms. The van der Waals surface area contributed by atoms with Gasteiger partial charge in [-0.1, -0.05) is 0 Å². The van der Waals surface area contributed by atoms with Crippen LogP contribution in [0.3, 0.4) is 0 Å². The van der Waals surface area contributed by atoms with Crippen molar-refractivity contribution in [3.05, 3.63) is 0 Å². The Morgan fingerprint density at radius 3 is 2.67 bits per heavy atom. The maximum atomic E-state index is 8.44. The minimum atomic E-state index is 0.209. The van der Waals surface area contributed by atoms with Gasteiger partial charge in [-0.05, 0) is 7.05 Å². The van der Waals surface area contributed by atoms with Gasteiger partial charge in [-0.3, -0.25) is 0 Å². The van der Waals surface area contributed by atoms with Crippen LogP contribution in [0, 0.1) is 12.3 Å². The first-order valence-electron chi connectivity index (χ1n) is 3.04. The fraction of sp³-hybridized carbons (Fsp3) is 0.714. The first-order chi connectivity index (χ1) is 4.31. The first kappa shape index (κ1) is 8.48. The molecule has 0 aromatic carbocycles. The summed E-state index contributed by atoms with van der Waals surface area (Å²) in [5, 5.41) is 8.44. The third kappa shape index (κ3) is 5.35. The van der Waals surface area contributed by atoms with E-state index in [9.17, 15) is 0 Å². The van der Waals surface area contributed by atoms with Gasteiger partial charge in [-0.2, -0.15) is 0 Å². The highest BCUT2D eigenvalue weighted by molar-refractivity contribution is 4.84. The monoisotopic (exact) mass is 127 g/mol. The van der Waals surface area contributed by atoms with E-state index in [2.05, 4.69) is 5.92 Å². The van der Waals surface area contributed by atoms with Crippen LogP contribution < -0.4 is 0 Å². The molecule has 2 nitrogen and oxygen atoms in total. The first-order valence-corrected chi connectivity index (χ1v) is 3.04. The molecule has 0 aromatic heterocycles. The van der Waals surface area contributed by atoms with Gasteiger partial charge >= 0.3 is 0 Å². The topological polar surface area (TPSA) is 23.5 Å². The van der Waals surface area contributed by atoms with Gasteiger partial charge in [-0.25, -0.2) is 0 Å². The van der Waals surface area contributed by atoms with E-state index in [1.165, 1.54) is 0 Å². The van der Waals surface area contributed by atoms with Gasteiger partial charge in [0.2, 0.25) is 0 Å². The summed E-state index contributed by atoms with van der Waals surface area (Å²) in [6, 6.07) is 0. The lowest BCUT2D eigenvalue weighted by molar-refractivity contribution is 0.224. The van der Waals surface area contributed by atoms with Crippen molar-refractivity contribution in [1.29, 1.82) is 0 Å². The van der Waals surface area contributed by atoms with Gasteiger partial charge in [-0.15, -0.1) is 12.3 Å². The molecule has 0 saturated carbocycles. The standard InChI is InChI=1S/C7H13NO/c1-3-4-5-8(2)6-7-9/h1,9H,4-7H2,2H3. The van der Waals surface area contributed by atoms with Crippen LogP contribution in [-0.2, 0) is 0 Å². The second-order valence-electron chi connectivity index (χ2n) is 1.98. The van der Waals surface area contributed by atoms with Crippen molar-refractivity contribution in [2.45, 2.75) is 6.42 Å². The third-order valence-electron chi connectivity index (χ3n) is 1.12. The lowest BCUT2D eigenvalue weighted by Crippen LogP contribution is -2.22. The Bertz CT molecular complexity index is 95.6. The van der Waals surface area contributed by atoms with E-state index in [-0.39, 0.29) is 6.61 Å². The average molecular weight is 127 g/mol. The van der Waals surface area contributed by atoms with Gasteiger partial charge in [0.05, 0.1) is 6.61 Å². The van der Waals surface area contributed by atoms with E-state index in [4.69, 9.17) is 11.5 Å². The molecule has 0 atom stereocenters. The molecule has 0 spiro atoms. The molecule has 52 valence electrons. The fourth-order valence-corrected chi connectivity index (χ4v) is 0.538. The third-order valence-corrected chi connectivity index (χ3v) is 1.12. The van der Waals surface area contributed by atoms with E-state index in [0.717, 1.165) is 13.0 Å². The van der Waals surface area contributed by atoms with Crippen molar-refractivity contribution < 1.29 is 5.11 Å². The Kier molecular flexibility index (Phi) is 5.29. The molecule has 0 aliphatic rings. The lowest BCUT2D eigenvalue weighted by Gasteiger charge is -2.11. The molecule has 0 unspecified atom stereocenters. The van der Waals surface area contributed by atoms with Crippen molar-refractivity contribution in [3.63, 3.8) is 0 Å². The molecule has 0 rings (SSSR count). The van der Waals surface area contributed by atoms with Crippen LogP contribution in [0.1, 0.15) is 6.42 Å². The summed E-state index contributed by atoms with van der Waals surface area (Å²) in [4.78, 5) is 2.00. The number of rotatable bonds is 4. The molecular formula is C7H13NO. The lowest BCUT2D eigenvalue weighted by atomic mass is 10.4. The highest BCUT2D eigenvalue weighted by atomic mass is 16.3. The molecule has 0 fully saturated rings. The molecule has 0 heterocycles. The maximum absolute atomic E-state index is 8.44. The number of nitrogens with zero attached hydrogens (tertiary/aromatic N) is 1. The van der Waals surface area contributed by atoms with Crippen molar-refractivity contribution in [3.8, 4) is 12.3 Å². The zero-order chi connectivity index (χ0) is 7.11. The SMILES string of the molecule is C#CCCN(C)CCO. The van der Waals surface area contributed by atoms with Crippen molar-refractivity contribution in [2.24, 2.45) is 0 Å². The largest absolute Gasteiger partial charge is 0.395 e. The summed E-state index contributed by atoms with van der Waals surface area (Å²) in [6.45, 7) is 1.79. The Hall–Kier alpha value is -0.520. The summed E-state index contributed by atoms with van der Waals surface area (Å²) >= 11 is 0. The summed E-state index contributed by atoms with van der Waals surface area (Å²) in [6.07, 6.45) is 5.79. The number of hydrogen-bond donors (Lipinski definition) is 1. The van der Waals surface area contributed by atoms with E-state index in [1.807, 2.05) is 11.9 Å². The number of terminal acetylenes is 1. The Balaban J connectivity index is 3.07. The summed E-state index contributed by atoms with van der Waals surface area (Å²) in [7, 11) is 1.94. The van der Waals surface area contributed by atoms with Crippen molar-refractivity contribution in [1.82, 2.24) is 4.90 Å². The highest BCUT2D eigenvalue weighted by Gasteiger charge is 1.92. The molecule has 0 aliphatic carbocycles. The summed E-state index contributed by atoms with van der Waals surface area (Å²) in [5.41, 5.74) is 0. The number of aliphatic hydroxyl groups excluding tert-OH is 1. The predicted octanol–water partition coefficient (Wildman–Crippen LogP) is -0.0662. The minimum Gasteiger partial charge on any atom is -0.395 e. The number of hydrogen-bond acceptors (Lipinski definition) is 2. The molecular weight excluding hydrogens is 114 g/mol. The predicted molar refractivity (Wildman–Crippen MR) is 38.0 cm³/mol. The van der Waals surface area contributed by atoms with Gasteiger partial charge in [0, 0.05) is 19.5 Å². The normalized spacial score (nSPS) is 9.56. The van der Waals surface area contributed by atoms with Gasteiger partial charge in [0.1, 0.15) is 0 Å². The Labute approximate surface area is 56.5 Å². The number of aliphatic hydroxyl groups is 1. The number of likely N-dealkylation sites (N-methyl/N-ethyl adjacent to an activating group) is 1. The highest BCUT2D eigenvalue weighted by Crippen LogP contribution is 1.83. The average Bonchev–Trinajstić information content (AvgIpc) is 1.85. The van der Waals surface area contributed by atoms with Gasteiger partial charge < -0.3 is 10.0 Å². The zero-order valence-electron chi connectivity index (χ0n) is 5.80. The van der Waals surface area contributed by atoms with E-state index in [0.29, 0.717) is 6.54 Å². The molecule has 0 aromatic rings. The van der Waals surface area contributed by atoms with E-state index in [1.54, 1.807) is 0 Å². The smallest absolute Gasteiger partial charge is 0.0558 e. The molecule has 0 saturated heterocycles. The van der Waals surface area contributed by atoms with Crippen molar-refractivity contribution >= 4 is 0 Å². The van der Waals surface area contributed by atoms with Crippen LogP contribution in [0.15, 0.2) is 0 Å². The molecule has 1 N–H and O–H groups in total. The molecule has 2 heteroatoms. The van der Waals surface area contributed by atoms with Crippen LogP contribution in [-0.4, -0.2) is 36.8 Å². The van der Waals surface area contributed by atoms with E-state index < -0.39 is 0 Å². The van der Waals surface area contributed by atoms with Crippen molar-refractivity contribution in [2.75, 3.05) is 26.7 Å². The molecule has 0 amide bonds. The zero-order valence-corrected chi connectivity index (χ0v) is 5.80. The van der Waals surface area contributed by atoms with E-state index >= 15 is 0 Å². The molecule has 0 aliphatic heterocycles. The van der Waals surface area contributed by atoms with Crippen LogP contribution in [0.4, 0.5) is 0 Å².